The summed E-state index contributed by atoms with van der Waals surface area (Å²) in [6.07, 6.45) is -0.679. The van der Waals surface area contributed by atoms with Gasteiger partial charge in [0.1, 0.15) is 6.61 Å². The van der Waals surface area contributed by atoms with Gasteiger partial charge in [-0.3, -0.25) is 0 Å². The zero-order valence-electron chi connectivity index (χ0n) is 10.9. The number of nitrogens with zero attached hydrogens (tertiary/aromatic N) is 1. The molecule has 1 rings (SSSR count). The maximum atomic E-state index is 11.8. The van der Waals surface area contributed by atoms with E-state index in [1.807, 2.05) is 11.9 Å². The molecule has 0 aromatic heterocycles. The van der Waals surface area contributed by atoms with Gasteiger partial charge in [0.25, 0.3) is 0 Å². The second-order valence-electron chi connectivity index (χ2n) is 4.95. The number of alkyl halides is 3. The summed E-state index contributed by atoms with van der Waals surface area (Å²) >= 11 is 0. The van der Waals surface area contributed by atoms with Gasteiger partial charge in [0, 0.05) is 6.54 Å². The molecule has 0 amide bonds. The van der Waals surface area contributed by atoms with Gasteiger partial charge in [0.2, 0.25) is 0 Å². The van der Waals surface area contributed by atoms with Crippen LogP contribution in [0.2, 0.25) is 0 Å². The van der Waals surface area contributed by atoms with E-state index < -0.39 is 12.8 Å². The minimum Gasteiger partial charge on any atom is -0.371 e. The number of rotatable bonds is 7. The van der Waals surface area contributed by atoms with Gasteiger partial charge in [-0.1, -0.05) is 0 Å². The van der Waals surface area contributed by atoms with E-state index in [0.29, 0.717) is 6.54 Å². The summed E-state index contributed by atoms with van der Waals surface area (Å²) in [7, 11) is 1.93. The molecule has 108 valence electrons. The van der Waals surface area contributed by atoms with Crippen LogP contribution < -0.4 is 5.32 Å². The molecule has 0 atom stereocenters. The third-order valence-electron chi connectivity index (χ3n) is 3.26. The van der Waals surface area contributed by atoms with Gasteiger partial charge in [-0.05, 0) is 51.9 Å². The lowest BCUT2D eigenvalue weighted by molar-refractivity contribution is -0.174. The summed E-state index contributed by atoms with van der Waals surface area (Å²) in [6, 6.07) is 0. The van der Waals surface area contributed by atoms with E-state index in [-0.39, 0.29) is 6.61 Å². The molecule has 0 unspecified atom stereocenters. The van der Waals surface area contributed by atoms with Crippen molar-refractivity contribution in [3.8, 4) is 0 Å². The van der Waals surface area contributed by atoms with Crippen LogP contribution in [0.3, 0.4) is 0 Å². The molecule has 6 heteroatoms. The van der Waals surface area contributed by atoms with Crippen molar-refractivity contribution in [3.05, 3.63) is 0 Å². The fourth-order valence-electron chi connectivity index (χ4n) is 2.09. The Morgan fingerprint density at radius 3 is 2.50 bits per heavy atom. The van der Waals surface area contributed by atoms with Crippen LogP contribution in [0.25, 0.3) is 0 Å². The molecule has 1 saturated heterocycles. The molecular formula is C12H23F3N2O. The summed E-state index contributed by atoms with van der Waals surface area (Å²) in [5.74, 6) is 0.754. The Labute approximate surface area is 107 Å². The van der Waals surface area contributed by atoms with E-state index in [0.717, 1.165) is 32.0 Å². The van der Waals surface area contributed by atoms with E-state index in [1.165, 1.54) is 12.8 Å². The van der Waals surface area contributed by atoms with Crippen LogP contribution in [0, 0.1) is 5.92 Å². The molecule has 0 saturated carbocycles. The van der Waals surface area contributed by atoms with Crippen LogP contribution in [0.5, 0.6) is 0 Å². The second kappa shape index (κ2) is 7.96. The fraction of sp³-hybridized carbons (Fsp3) is 1.00. The van der Waals surface area contributed by atoms with Crippen molar-refractivity contribution in [1.29, 1.82) is 0 Å². The van der Waals surface area contributed by atoms with E-state index in [1.54, 1.807) is 0 Å². The molecule has 0 aromatic rings. The number of piperidine rings is 1. The van der Waals surface area contributed by atoms with Gasteiger partial charge in [-0.25, -0.2) is 0 Å². The van der Waals surface area contributed by atoms with Gasteiger partial charge >= 0.3 is 6.18 Å². The Morgan fingerprint density at radius 1 is 1.22 bits per heavy atom. The Kier molecular flexibility index (Phi) is 6.96. The average molecular weight is 268 g/mol. The maximum Gasteiger partial charge on any atom is 0.411 e. The topological polar surface area (TPSA) is 24.5 Å². The minimum absolute atomic E-state index is 0.141. The summed E-state index contributed by atoms with van der Waals surface area (Å²) in [6.45, 7) is 2.66. The van der Waals surface area contributed by atoms with Crippen LogP contribution in [-0.4, -0.2) is 57.5 Å². The highest BCUT2D eigenvalue weighted by Crippen LogP contribution is 2.16. The first-order chi connectivity index (χ1) is 8.47. The van der Waals surface area contributed by atoms with Crippen molar-refractivity contribution in [2.45, 2.75) is 25.4 Å². The van der Waals surface area contributed by atoms with Gasteiger partial charge in [-0.15, -0.1) is 0 Å². The Morgan fingerprint density at radius 2 is 1.89 bits per heavy atom. The molecule has 0 aliphatic carbocycles. The quantitative estimate of drug-likeness (QED) is 0.714. The van der Waals surface area contributed by atoms with Crippen LogP contribution in [0.15, 0.2) is 0 Å². The molecule has 0 aromatic carbocycles. The molecule has 1 N–H and O–H groups in total. The van der Waals surface area contributed by atoms with Crippen LogP contribution >= 0.6 is 0 Å². The number of hydrogen-bond acceptors (Lipinski definition) is 3. The lowest BCUT2D eigenvalue weighted by Crippen LogP contribution is -2.31. The second-order valence-corrected chi connectivity index (χ2v) is 4.95. The molecule has 1 aliphatic heterocycles. The van der Waals surface area contributed by atoms with Crippen LogP contribution in [-0.2, 0) is 4.74 Å². The molecule has 1 aliphatic rings. The number of hydrogen-bond donors (Lipinski definition) is 1. The SMILES string of the molecule is CN(CCOCC(F)(F)F)CCC1CCNCC1. The highest BCUT2D eigenvalue weighted by atomic mass is 19.4. The Bertz CT molecular complexity index is 218. The van der Waals surface area contributed by atoms with Crippen molar-refractivity contribution in [2.75, 3.05) is 46.4 Å². The number of nitrogens with one attached hydrogen (secondary N) is 1. The minimum atomic E-state index is -4.21. The molecule has 18 heavy (non-hydrogen) atoms. The van der Waals surface area contributed by atoms with E-state index >= 15 is 0 Å². The maximum absolute atomic E-state index is 11.8. The van der Waals surface area contributed by atoms with Crippen LogP contribution in [0.1, 0.15) is 19.3 Å². The van der Waals surface area contributed by atoms with Gasteiger partial charge in [-0.2, -0.15) is 13.2 Å². The largest absolute Gasteiger partial charge is 0.411 e. The van der Waals surface area contributed by atoms with E-state index in [2.05, 4.69) is 10.1 Å². The normalized spacial score (nSPS) is 18.5. The Balaban J connectivity index is 1.98. The molecular weight excluding hydrogens is 245 g/mol. The summed E-state index contributed by atoms with van der Waals surface area (Å²) in [5.41, 5.74) is 0. The highest BCUT2D eigenvalue weighted by Gasteiger charge is 2.27. The first-order valence-electron chi connectivity index (χ1n) is 6.51. The molecule has 0 bridgehead atoms. The third-order valence-corrected chi connectivity index (χ3v) is 3.26. The first-order valence-corrected chi connectivity index (χ1v) is 6.51. The molecule has 1 heterocycles. The summed E-state index contributed by atoms with van der Waals surface area (Å²) in [4.78, 5) is 2.04. The number of halogens is 3. The number of ether oxygens (including phenoxy) is 1. The monoisotopic (exact) mass is 268 g/mol. The molecule has 3 nitrogen and oxygen atoms in total. The summed E-state index contributed by atoms with van der Waals surface area (Å²) in [5, 5.41) is 3.32. The molecule has 1 fully saturated rings. The van der Waals surface area contributed by atoms with Gasteiger partial charge in [0.15, 0.2) is 0 Å². The third kappa shape index (κ3) is 7.89. The highest BCUT2D eigenvalue weighted by molar-refractivity contribution is 4.69. The van der Waals surface area contributed by atoms with Crippen molar-refractivity contribution in [3.63, 3.8) is 0 Å². The molecule has 0 spiro atoms. The lowest BCUT2D eigenvalue weighted by Gasteiger charge is -2.25. The van der Waals surface area contributed by atoms with Crippen molar-refractivity contribution in [2.24, 2.45) is 5.92 Å². The average Bonchev–Trinajstić information content (AvgIpc) is 2.32. The van der Waals surface area contributed by atoms with Crippen LogP contribution in [0.4, 0.5) is 13.2 Å². The van der Waals surface area contributed by atoms with E-state index in [9.17, 15) is 13.2 Å². The van der Waals surface area contributed by atoms with Gasteiger partial charge in [0.05, 0.1) is 6.61 Å². The summed E-state index contributed by atoms with van der Waals surface area (Å²) < 4.78 is 40.1. The predicted octanol–water partition coefficient (Wildman–Crippen LogP) is 1.89. The van der Waals surface area contributed by atoms with Crippen molar-refractivity contribution < 1.29 is 17.9 Å². The van der Waals surface area contributed by atoms with Crippen molar-refractivity contribution >= 4 is 0 Å². The smallest absolute Gasteiger partial charge is 0.371 e. The zero-order valence-corrected chi connectivity index (χ0v) is 10.9. The predicted molar refractivity (Wildman–Crippen MR) is 64.6 cm³/mol. The lowest BCUT2D eigenvalue weighted by atomic mass is 9.94. The van der Waals surface area contributed by atoms with E-state index in [4.69, 9.17) is 0 Å². The fourth-order valence-corrected chi connectivity index (χ4v) is 2.09. The molecule has 0 radical (unpaired) electrons. The van der Waals surface area contributed by atoms with Gasteiger partial charge < -0.3 is 15.0 Å². The Hall–Kier alpha value is -0.330. The first kappa shape index (κ1) is 15.7. The zero-order chi connectivity index (χ0) is 13.4. The van der Waals surface area contributed by atoms with Crippen molar-refractivity contribution in [1.82, 2.24) is 10.2 Å². The number of likely N-dealkylation sites (N-methyl/N-ethyl adjacent to an activating group) is 1. The standard InChI is InChI=1S/C12H23F3N2O/c1-17(8-9-18-10-12(13,14)15)7-4-11-2-5-16-6-3-11/h11,16H,2-10H2,1H3.